The smallest absolute Gasteiger partial charge is 0.258 e. The summed E-state index contributed by atoms with van der Waals surface area (Å²) < 4.78 is 19.9. The van der Waals surface area contributed by atoms with Gasteiger partial charge in [-0.15, -0.1) is 23.2 Å². The number of hydrogen-bond acceptors (Lipinski definition) is 6. The van der Waals surface area contributed by atoms with Crippen molar-refractivity contribution in [2.24, 2.45) is 23.7 Å². The highest BCUT2D eigenvalue weighted by molar-refractivity contribution is 6.58. The number of carbonyl (C=O) groups excluding carboxylic acids is 4. The summed E-state index contributed by atoms with van der Waals surface area (Å²) in [6.45, 7) is 1.81. The average Bonchev–Trinajstić information content (AvgIpc) is 3.40. The first-order chi connectivity index (χ1) is 22.8. The largest absolute Gasteiger partial charge is 0.508 e. The van der Waals surface area contributed by atoms with Crippen molar-refractivity contribution in [2.45, 2.75) is 35.9 Å². The maximum Gasteiger partial charge on any atom is 0.258 e. The molecule has 3 heterocycles. The highest BCUT2D eigenvalue weighted by Gasteiger charge is 2.77. The summed E-state index contributed by atoms with van der Waals surface area (Å²) in [7, 11) is 0. The van der Waals surface area contributed by atoms with E-state index in [9.17, 15) is 28.7 Å². The molecule has 12 heteroatoms. The number of halogens is 4. The number of phenols is 1. The van der Waals surface area contributed by atoms with Crippen LogP contribution in [0.5, 0.6) is 11.5 Å². The average molecular weight is 708 g/mol. The van der Waals surface area contributed by atoms with Crippen LogP contribution < -0.4 is 14.5 Å². The van der Waals surface area contributed by atoms with Gasteiger partial charge in [0.15, 0.2) is 9.75 Å². The molecule has 3 aromatic carbocycles. The Morgan fingerprint density at radius 2 is 1.62 bits per heavy atom. The van der Waals surface area contributed by atoms with Gasteiger partial charge in [0.05, 0.1) is 29.5 Å². The lowest BCUT2D eigenvalue weighted by molar-refractivity contribution is -0.125. The second-order valence-corrected chi connectivity index (χ2v) is 14.6. The molecule has 2 saturated heterocycles. The minimum absolute atomic E-state index is 0.00749. The van der Waals surface area contributed by atoms with Crippen LogP contribution in [0.15, 0.2) is 84.1 Å². The van der Waals surface area contributed by atoms with E-state index in [0.717, 1.165) is 27.5 Å². The molecule has 6 unspecified atom stereocenters. The number of fused-ring (bicyclic) bond motifs is 5. The van der Waals surface area contributed by atoms with Gasteiger partial charge in [0, 0.05) is 22.9 Å². The van der Waals surface area contributed by atoms with Crippen LogP contribution in [0.3, 0.4) is 0 Å². The van der Waals surface area contributed by atoms with E-state index in [1.54, 1.807) is 30.3 Å². The van der Waals surface area contributed by atoms with Crippen LogP contribution in [0.25, 0.3) is 0 Å². The number of hydrogen-bond donors (Lipinski definition) is 1. The molecule has 6 atom stereocenters. The second-order valence-electron chi connectivity index (χ2n) is 13.0. The van der Waals surface area contributed by atoms with Gasteiger partial charge in [0.25, 0.3) is 11.8 Å². The molecule has 48 heavy (non-hydrogen) atoms. The minimum Gasteiger partial charge on any atom is -0.508 e. The zero-order chi connectivity index (χ0) is 33.9. The number of aryl methyl sites for hydroxylation is 1. The van der Waals surface area contributed by atoms with Crippen LogP contribution in [-0.2, 0) is 25.6 Å². The van der Waals surface area contributed by atoms with Crippen LogP contribution in [-0.4, -0.2) is 38.5 Å². The second kappa shape index (κ2) is 10.7. The van der Waals surface area contributed by atoms with E-state index in [1.165, 1.54) is 24.5 Å². The molecule has 5 aliphatic rings. The molecule has 0 radical (unpaired) electrons. The van der Waals surface area contributed by atoms with E-state index in [1.807, 2.05) is 13.0 Å². The zero-order valence-electron chi connectivity index (χ0n) is 25.3. The summed E-state index contributed by atoms with van der Waals surface area (Å²) in [5.41, 5.74) is 2.94. The van der Waals surface area contributed by atoms with Gasteiger partial charge in [-0.05, 0) is 91.4 Å². The summed E-state index contributed by atoms with van der Waals surface area (Å²) >= 11 is 21.3. The van der Waals surface area contributed by atoms with E-state index < -0.39 is 62.9 Å². The van der Waals surface area contributed by atoms with Gasteiger partial charge in [0.2, 0.25) is 11.8 Å². The first-order valence-corrected chi connectivity index (χ1v) is 16.5. The molecule has 0 aromatic heterocycles. The van der Waals surface area contributed by atoms with Crippen molar-refractivity contribution < 1.29 is 33.4 Å². The number of rotatable bonds is 3. The van der Waals surface area contributed by atoms with Crippen LogP contribution in [0.4, 0.5) is 15.8 Å². The van der Waals surface area contributed by atoms with E-state index in [2.05, 4.69) is 0 Å². The van der Waals surface area contributed by atoms with Gasteiger partial charge in [-0.3, -0.25) is 19.2 Å². The summed E-state index contributed by atoms with van der Waals surface area (Å²) in [4.78, 5) is 55.0. The van der Waals surface area contributed by atoms with Gasteiger partial charge in [-0.2, -0.15) is 0 Å². The number of benzene rings is 3. The topological polar surface area (TPSA) is 104 Å². The monoisotopic (exact) mass is 706 g/mol. The quantitative estimate of drug-likeness (QED) is 0.187. The molecule has 1 saturated carbocycles. The molecule has 0 spiro atoms. The molecule has 3 aromatic rings. The molecular weight excluding hydrogens is 682 g/mol. The van der Waals surface area contributed by atoms with E-state index >= 15 is 0 Å². The predicted octanol–water partition coefficient (Wildman–Crippen LogP) is 6.61. The molecule has 0 bridgehead atoms. The molecular formula is C36H26Cl3FN2O6. The summed E-state index contributed by atoms with van der Waals surface area (Å²) in [6.07, 6.45) is 3.47. The SMILES string of the molecule is Cc1ccc(N2C(=O)C3CC=C4C(CC5(Cl)C(=O)N(c6ccc(F)cc6)C(=O)C5(Cl)C4C4=COc5ccc(O)cc5C4)C3C2=O)cc1Cl. The Hall–Kier alpha value is -4.18. The predicted molar refractivity (Wildman–Crippen MR) is 177 cm³/mol. The number of ether oxygens (including phenoxy) is 1. The Balaban J connectivity index is 1.27. The van der Waals surface area contributed by atoms with Crippen molar-refractivity contribution in [3.8, 4) is 11.5 Å². The third-order valence-corrected chi connectivity index (χ3v) is 12.3. The minimum atomic E-state index is -2.09. The molecule has 3 aliphatic heterocycles. The van der Waals surface area contributed by atoms with Crippen LogP contribution >= 0.6 is 34.8 Å². The normalized spacial score (nSPS) is 30.7. The lowest BCUT2D eigenvalue weighted by Gasteiger charge is -2.51. The highest BCUT2D eigenvalue weighted by Crippen LogP contribution is 2.65. The first kappa shape index (κ1) is 31.1. The molecule has 2 aliphatic carbocycles. The maximum absolute atomic E-state index is 14.5. The number of imide groups is 2. The van der Waals surface area contributed by atoms with Crippen molar-refractivity contribution in [1.29, 1.82) is 0 Å². The number of nitrogens with zero attached hydrogens (tertiary/aromatic N) is 2. The van der Waals surface area contributed by atoms with Gasteiger partial charge in [0.1, 0.15) is 17.3 Å². The third kappa shape index (κ3) is 4.13. The Bertz CT molecular complexity index is 2050. The van der Waals surface area contributed by atoms with Crippen LogP contribution in [0.2, 0.25) is 5.02 Å². The van der Waals surface area contributed by atoms with E-state index in [4.69, 9.17) is 39.5 Å². The fourth-order valence-electron chi connectivity index (χ4n) is 8.19. The van der Waals surface area contributed by atoms with Crippen molar-refractivity contribution in [3.63, 3.8) is 0 Å². The van der Waals surface area contributed by atoms with Crippen molar-refractivity contribution >= 4 is 69.8 Å². The Labute approximate surface area is 289 Å². The van der Waals surface area contributed by atoms with Gasteiger partial charge >= 0.3 is 0 Å². The molecule has 8 nitrogen and oxygen atoms in total. The fourth-order valence-corrected chi connectivity index (χ4v) is 9.31. The number of alkyl halides is 2. The molecule has 1 N–H and O–H groups in total. The lowest BCUT2D eigenvalue weighted by atomic mass is 9.56. The number of anilines is 2. The van der Waals surface area contributed by atoms with E-state index in [0.29, 0.717) is 33.2 Å². The van der Waals surface area contributed by atoms with Crippen molar-refractivity contribution in [1.82, 2.24) is 0 Å². The Kier molecular flexibility index (Phi) is 6.91. The molecule has 4 amide bonds. The number of allylic oxidation sites excluding steroid dienone is 3. The van der Waals surface area contributed by atoms with Crippen LogP contribution in [0.1, 0.15) is 24.0 Å². The molecule has 3 fully saturated rings. The third-order valence-electron chi connectivity index (χ3n) is 10.5. The first-order valence-electron chi connectivity index (χ1n) is 15.4. The summed E-state index contributed by atoms with van der Waals surface area (Å²) in [5, 5.41) is 10.6. The van der Waals surface area contributed by atoms with Gasteiger partial charge in [-0.1, -0.05) is 29.3 Å². The van der Waals surface area contributed by atoms with Gasteiger partial charge in [-0.25, -0.2) is 14.2 Å². The van der Waals surface area contributed by atoms with E-state index in [-0.39, 0.29) is 30.7 Å². The number of amides is 4. The lowest BCUT2D eigenvalue weighted by Crippen LogP contribution is -2.61. The maximum atomic E-state index is 14.5. The van der Waals surface area contributed by atoms with Crippen molar-refractivity contribution in [3.05, 3.63) is 106 Å². The number of carbonyl (C=O) groups is 4. The van der Waals surface area contributed by atoms with Gasteiger partial charge < -0.3 is 9.84 Å². The summed E-state index contributed by atoms with van der Waals surface area (Å²) in [6, 6.07) is 14.5. The van der Waals surface area contributed by atoms with Crippen LogP contribution in [0, 0.1) is 36.4 Å². The molecule has 244 valence electrons. The fraction of sp³-hybridized carbons (Fsp3) is 0.278. The highest BCUT2D eigenvalue weighted by atomic mass is 35.5. The number of aromatic hydroxyl groups is 1. The summed E-state index contributed by atoms with van der Waals surface area (Å²) in [5.74, 6) is -5.96. The standard InChI is InChI=1S/C36H26Cl3FN2O6/c1-17-2-5-22(14-27(17)37)41-31(44)25-10-9-24-26(29(25)32(41)45)15-35(38)33(46)42(21-6-3-20(40)4-7-21)34(47)36(35,39)30(24)19-12-18-13-23(43)8-11-28(18)48-16-19/h2-9,11,13-14,16,25-26,29-30,43H,10,12,15H2,1H3. The number of phenolic OH excluding ortho intramolecular Hbond substituents is 1. The Morgan fingerprint density at radius 3 is 2.35 bits per heavy atom. The van der Waals surface area contributed by atoms with Crippen molar-refractivity contribution in [2.75, 3.05) is 9.80 Å². The molecule has 8 rings (SSSR count). The Morgan fingerprint density at radius 1 is 0.896 bits per heavy atom. The zero-order valence-corrected chi connectivity index (χ0v) is 27.5.